The molecular formula is C22H25F3N2O4. The first-order chi connectivity index (χ1) is 14.4. The van der Waals surface area contributed by atoms with Crippen LogP contribution in [0.15, 0.2) is 42.5 Å². The molecule has 168 valence electrons. The molecule has 31 heavy (non-hydrogen) atoms. The minimum absolute atomic E-state index is 0.0308. The Hall–Kier alpha value is -3.10. The lowest BCUT2D eigenvalue weighted by atomic mass is 10.0. The maximum absolute atomic E-state index is 12.8. The van der Waals surface area contributed by atoms with Crippen molar-refractivity contribution in [1.82, 2.24) is 4.90 Å². The number of rotatable bonds is 5. The van der Waals surface area contributed by atoms with E-state index in [1.54, 1.807) is 45.0 Å². The molecule has 0 aliphatic carbocycles. The van der Waals surface area contributed by atoms with E-state index < -0.39 is 23.8 Å². The van der Waals surface area contributed by atoms with Gasteiger partial charge in [-0.3, -0.25) is 0 Å². The van der Waals surface area contributed by atoms with Gasteiger partial charge in [0, 0.05) is 30.3 Å². The number of para-hydroxylation sites is 1. The van der Waals surface area contributed by atoms with E-state index in [2.05, 4.69) is 4.74 Å². The molecule has 0 radical (unpaired) electrons. The Morgan fingerprint density at radius 3 is 2.39 bits per heavy atom. The summed E-state index contributed by atoms with van der Waals surface area (Å²) in [5.41, 5.74) is 7.15. The number of likely N-dealkylation sites (tertiary alicyclic amines) is 1. The standard InChI is InChI=1S/C22H25F3N2O4/c1-21(2,3)31-20(28)27-11-14(12-27)13-29-19-10-15(16-6-4-5-7-17(16)26)8-9-18(19)30-22(23,24)25/h4-10,14H,11-13,26H2,1-3H3. The number of hydrogen-bond acceptors (Lipinski definition) is 5. The number of alkyl halides is 3. The van der Waals surface area contributed by atoms with Crippen LogP contribution in [-0.2, 0) is 4.74 Å². The molecule has 1 aliphatic rings. The molecule has 0 unspecified atom stereocenters. The van der Waals surface area contributed by atoms with Crippen molar-refractivity contribution in [3.8, 4) is 22.6 Å². The van der Waals surface area contributed by atoms with Gasteiger partial charge in [0.15, 0.2) is 11.5 Å². The van der Waals surface area contributed by atoms with Gasteiger partial charge < -0.3 is 24.8 Å². The molecule has 1 fully saturated rings. The van der Waals surface area contributed by atoms with Crippen molar-refractivity contribution in [2.24, 2.45) is 5.92 Å². The molecule has 1 saturated heterocycles. The monoisotopic (exact) mass is 438 g/mol. The van der Waals surface area contributed by atoms with Crippen LogP contribution >= 0.6 is 0 Å². The van der Waals surface area contributed by atoms with Gasteiger partial charge in [-0.1, -0.05) is 24.3 Å². The number of ether oxygens (including phenoxy) is 3. The van der Waals surface area contributed by atoms with Crippen molar-refractivity contribution in [3.05, 3.63) is 42.5 Å². The number of halogens is 3. The zero-order valence-electron chi connectivity index (χ0n) is 17.5. The highest BCUT2D eigenvalue weighted by molar-refractivity contribution is 5.77. The minimum atomic E-state index is -4.85. The van der Waals surface area contributed by atoms with Crippen LogP contribution in [-0.4, -0.2) is 42.7 Å². The molecule has 0 spiro atoms. The predicted molar refractivity (Wildman–Crippen MR) is 110 cm³/mol. The number of nitrogens with zero attached hydrogens (tertiary/aromatic N) is 1. The van der Waals surface area contributed by atoms with E-state index in [0.717, 1.165) is 0 Å². The molecule has 2 N–H and O–H groups in total. The van der Waals surface area contributed by atoms with Gasteiger partial charge in [0.25, 0.3) is 0 Å². The second-order valence-corrected chi connectivity index (χ2v) is 8.36. The number of carbonyl (C=O) groups is 1. The van der Waals surface area contributed by atoms with Gasteiger partial charge in [-0.25, -0.2) is 4.79 Å². The molecule has 1 heterocycles. The zero-order chi connectivity index (χ0) is 22.8. The number of hydrogen-bond donors (Lipinski definition) is 1. The molecular weight excluding hydrogens is 413 g/mol. The largest absolute Gasteiger partial charge is 0.573 e. The Morgan fingerprint density at radius 2 is 1.77 bits per heavy atom. The quantitative estimate of drug-likeness (QED) is 0.659. The summed E-state index contributed by atoms with van der Waals surface area (Å²) >= 11 is 0. The molecule has 6 nitrogen and oxygen atoms in total. The van der Waals surface area contributed by atoms with E-state index in [4.69, 9.17) is 15.2 Å². The molecule has 1 aliphatic heterocycles. The van der Waals surface area contributed by atoms with Crippen LogP contribution in [0.5, 0.6) is 11.5 Å². The highest BCUT2D eigenvalue weighted by atomic mass is 19.4. The lowest BCUT2D eigenvalue weighted by molar-refractivity contribution is -0.275. The summed E-state index contributed by atoms with van der Waals surface area (Å²) in [6, 6.07) is 11.2. The second-order valence-electron chi connectivity index (χ2n) is 8.36. The lowest BCUT2D eigenvalue weighted by Crippen LogP contribution is -2.53. The van der Waals surface area contributed by atoms with E-state index in [9.17, 15) is 18.0 Å². The molecule has 0 aromatic heterocycles. The van der Waals surface area contributed by atoms with Crippen LogP contribution in [0.3, 0.4) is 0 Å². The van der Waals surface area contributed by atoms with E-state index in [-0.39, 0.29) is 18.3 Å². The Kier molecular flexibility index (Phi) is 6.24. The maximum Gasteiger partial charge on any atom is 0.573 e. The van der Waals surface area contributed by atoms with Crippen LogP contribution in [0.4, 0.5) is 23.7 Å². The van der Waals surface area contributed by atoms with Crippen molar-refractivity contribution in [1.29, 1.82) is 0 Å². The van der Waals surface area contributed by atoms with Gasteiger partial charge in [0.05, 0.1) is 6.61 Å². The number of amides is 1. The van der Waals surface area contributed by atoms with Gasteiger partial charge in [-0.15, -0.1) is 13.2 Å². The van der Waals surface area contributed by atoms with E-state index >= 15 is 0 Å². The Balaban J connectivity index is 1.70. The highest BCUT2D eigenvalue weighted by Crippen LogP contribution is 2.38. The third kappa shape index (κ3) is 6.19. The lowest BCUT2D eigenvalue weighted by Gasteiger charge is -2.39. The van der Waals surface area contributed by atoms with Gasteiger partial charge in [0.1, 0.15) is 5.60 Å². The maximum atomic E-state index is 12.8. The fourth-order valence-corrected chi connectivity index (χ4v) is 3.12. The Labute approximate surface area is 178 Å². The number of nitrogens with two attached hydrogens (primary N) is 1. The number of benzene rings is 2. The summed E-state index contributed by atoms with van der Waals surface area (Å²) in [6.45, 7) is 6.26. The van der Waals surface area contributed by atoms with Crippen LogP contribution in [0.2, 0.25) is 0 Å². The summed E-state index contributed by atoms with van der Waals surface area (Å²) in [7, 11) is 0. The van der Waals surface area contributed by atoms with Gasteiger partial charge in [0.2, 0.25) is 0 Å². The minimum Gasteiger partial charge on any atom is -0.489 e. The molecule has 3 rings (SSSR count). The first-order valence-corrected chi connectivity index (χ1v) is 9.77. The van der Waals surface area contributed by atoms with Gasteiger partial charge in [-0.2, -0.15) is 0 Å². The van der Waals surface area contributed by atoms with Crippen molar-refractivity contribution in [2.75, 3.05) is 25.4 Å². The molecule has 9 heteroatoms. The van der Waals surface area contributed by atoms with Crippen molar-refractivity contribution >= 4 is 11.8 Å². The molecule has 0 atom stereocenters. The van der Waals surface area contributed by atoms with E-state index in [1.165, 1.54) is 23.1 Å². The number of carbonyl (C=O) groups excluding carboxylic acids is 1. The first-order valence-electron chi connectivity index (χ1n) is 9.77. The van der Waals surface area contributed by atoms with E-state index in [1.807, 2.05) is 0 Å². The second kappa shape index (κ2) is 8.56. The van der Waals surface area contributed by atoms with Crippen LogP contribution in [0, 0.1) is 5.92 Å². The van der Waals surface area contributed by atoms with Crippen LogP contribution < -0.4 is 15.2 Å². The summed E-state index contributed by atoms with van der Waals surface area (Å²) < 4.78 is 53.5. The highest BCUT2D eigenvalue weighted by Gasteiger charge is 2.35. The molecule has 0 saturated carbocycles. The van der Waals surface area contributed by atoms with Gasteiger partial charge in [-0.05, 0) is 44.5 Å². The van der Waals surface area contributed by atoms with Crippen molar-refractivity contribution < 1.29 is 32.2 Å². The fourth-order valence-electron chi connectivity index (χ4n) is 3.12. The number of anilines is 1. The number of nitrogen functional groups attached to an aromatic ring is 1. The predicted octanol–water partition coefficient (Wildman–Crippen LogP) is 5.08. The van der Waals surface area contributed by atoms with Crippen LogP contribution in [0.1, 0.15) is 20.8 Å². The molecule has 2 aromatic carbocycles. The van der Waals surface area contributed by atoms with Crippen molar-refractivity contribution in [3.63, 3.8) is 0 Å². The zero-order valence-corrected chi connectivity index (χ0v) is 17.5. The normalized spacial score (nSPS) is 14.7. The smallest absolute Gasteiger partial charge is 0.489 e. The SMILES string of the molecule is CC(C)(C)OC(=O)N1CC(COc2cc(-c3ccccc3N)ccc2OC(F)(F)F)C1. The van der Waals surface area contributed by atoms with E-state index in [0.29, 0.717) is 29.9 Å². The average molecular weight is 438 g/mol. The van der Waals surface area contributed by atoms with Crippen LogP contribution in [0.25, 0.3) is 11.1 Å². The molecule has 0 bridgehead atoms. The summed E-state index contributed by atoms with van der Waals surface area (Å²) in [4.78, 5) is 13.5. The average Bonchev–Trinajstić information content (AvgIpc) is 2.59. The Morgan fingerprint density at radius 1 is 1.10 bits per heavy atom. The summed E-state index contributed by atoms with van der Waals surface area (Å²) in [6.07, 6.45) is -5.28. The third-order valence-corrected chi connectivity index (χ3v) is 4.52. The summed E-state index contributed by atoms with van der Waals surface area (Å²) in [5, 5.41) is 0. The van der Waals surface area contributed by atoms with Crippen molar-refractivity contribution in [2.45, 2.75) is 32.7 Å². The Bertz CT molecular complexity index is 935. The first kappa shape index (κ1) is 22.6. The van der Waals surface area contributed by atoms with Gasteiger partial charge >= 0.3 is 12.5 Å². The topological polar surface area (TPSA) is 74.0 Å². The third-order valence-electron chi connectivity index (χ3n) is 4.52. The fraction of sp³-hybridized carbons (Fsp3) is 0.409. The molecule has 1 amide bonds. The molecule has 2 aromatic rings. The summed E-state index contributed by atoms with van der Waals surface area (Å²) in [5.74, 6) is -0.514.